The molecule has 0 spiro atoms. The minimum Gasteiger partial charge on any atom is -0.445 e. The first-order valence-electron chi connectivity index (χ1n) is 6.13. The number of carbonyl (C=O) groups excluding carboxylic acids is 1. The number of ether oxygens (including phenoxy) is 1. The maximum absolute atomic E-state index is 11.8. The number of hydrogen-bond acceptors (Lipinski definition) is 2. The Morgan fingerprint density at radius 2 is 2.17 bits per heavy atom. The van der Waals surface area contributed by atoms with Crippen LogP contribution in [0.1, 0.15) is 18.4 Å². The first-order valence-corrected chi connectivity index (χ1v) is 6.13. The first kappa shape index (κ1) is 14.5. The van der Waals surface area contributed by atoms with Gasteiger partial charge in [-0.05, 0) is 18.7 Å². The average Bonchev–Trinajstić information content (AvgIpc) is 3.15. The van der Waals surface area contributed by atoms with Gasteiger partial charge in [0.25, 0.3) is 0 Å². The summed E-state index contributed by atoms with van der Waals surface area (Å²) in [4.78, 5) is 13.7. The molecule has 3 nitrogen and oxygen atoms in total. The van der Waals surface area contributed by atoms with Crippen LogP contribution in [0.5, 0.6) is 0 Å². The molecule has 18 heavy (non-hydrogen) atoms. The zero-order valence-corrected chi connectivity index (χ0v) is 13.9. The van der Waals surface area contributed by atoms with E-state index >= 15 is 0 Å². The summed E-state index contributed by atoms with van der Waals surface area (Å²) in [7, 11) is 0. The van der Waals surface area contributed by atoms with Crippen LogP contribution in [0.25, 0.3) is 0 Å². The Bertz CT molecular complexity index is 410. The van der Waals surface area contributed by atoms with E-state index in [4.69, 9.17) is 4.74 Å². The summed E-state index contributed by atoms with van der Waals surface area (Å²) in [5.41, 5.74) is 1.04. The van der Waals surface area contributed by atoms with Gasteiger partial charge in [-0.25, -0.2) is 4.79 Å². The van der Waals surface area contributed by atoms with E-state index < -0.39 is 0 Å². The number of rotatable bonds is 2. The summed E-state index contributed by atoms with van der Waals surface area (Å²) in [6.45, 7) is 2.07. The van der Waals surface area contributed by atoms with Gasteiger partial charge in [0.2, 0.25) is 0 Å². The van der Waals surface area contributed by atoms with Crippen molar-refractivity contribution >= 4 is 6.09 Å². The molecular formula is C14H16KNO2. The van der Waals surface area contributed by atoms with Gasteiger partial charge in [-0.2, -0.15) is 18.8 Å². The Morgan fingerprint density at radius 1 is 1.39 bits per heavy atom. The van der Waals surface area contributed by atoms with Gasteiger partial charge in [0.05, 0.1) is 0 Å². The van der Waals surface area contributed by atoms with Crippen LogP contribution in [-0.4, -0.2) is 24.1 Å². The van der Waals surface area contributed by atoms with Crippen molar-refractivity contribution in [3.8, 4) is 0 Å². The van der Waals surface area contributed by atoms with Crippen molar-refractivity contribution in [1.82, 2.24) is 4.90 Å². The summed E-state index contributed by atoms with van der Waals surface area (Å²) in [6.07, 6.45) is 2.13. The largest absolute Gasteiger partial charge is 1.00 e. The summed E-state index contributed by atoms with van der Waals surface area (Å²) in [5.74, 6) is 2.31. The third kappa shape index (κ3) is 3.58. The zero-order valence-electron chi connectivity index (χ0n) is 10.8. The van der Waals surface area contributed by atoms with Gasteiger partial charge in [-0.3, -0.25) is 0 Å². The quantitative estimate of drug-likeness (QED) is 0.541. The second-order valence-corrected chi connectivity index (χ2v) is 4.80. The fourth-order valence-corrected chi connectivity index (χ4v) is 2.37. The van der Waals surface area contributed by atoms with Gasteiger partial charge in [0, 0.05) is 0 Å². The predicted octanol–water partition coefficient (Wildman–Crippen LogP) is -0.373. The molecule has 0 N–H and O–H groups in total. The maximum atomic E-state index is 11.8. The first-order chi connectivity index (χ1) is 8.33. The van der Waals surface area contributed by atoms with Crippen molar-refractivity contribution in [2.24, 2.45) is 5.92 Å². The molecule has 1 unspecified atom stereocenters. The molecule has 1 aromatic carbocycles. The van der Waals surface area contributed by atoms with E-state index in [2.05, 4.69) is 0 Å². The molecule has 1 aliphatic heterocycles. The van der Waals surface area contributed by atoms with Crippen LogP contribution in [0, 0.1) is 11.8 Å². The van der Waals surface area contributed by atoms with Crippen LogP contribution < -0.4 is 51.4 Å². The number of nitrogens with zero attached hydrogens (tertiary/aromatic N) is 1. The second kappa shape index (κ2) is 6.52. The monoisotopic (exact) mass is 269 g/mol. The van der Waals surface area contributed by atoms with E-state index in [1.165, 1.54) is 6.42 Å². The fraction of sp³-hybridized carbons (Fsp3) is 0.429. The number of benzene rings is 1. The van der Waals surface area contributed by atoms with Crippen molar-refractivity contribution in [2.75, 3.05) is 13.1 Å². The van der Waals surface area contributed by atoms with E-state index in [1.54, 1.807) is 5.92 Å². The summed E-state index contributed by atoms with van der Waals surface area (Å²) in [5, 5.41) is 0. The number of carbonyl (C=O) groups is 1. The summed E-state index contributed by atoms with van der Waals surface area (Å²) in [6, 6.07) is 9.80. The van der Waals surface area contributed by atoms with Crippen LogP contribution >= 0.6 is 0 Å². The molecule has 2 fully saturated rings. The third-order valence-electron chi connectivity index (χ3n) is 3.53. The Morgan fingerprint density at radius 3 is 2.89 bits per heavy atom. The van der Waals surface area contributed by atoms with Gasteiger partial charge in [0.1, 0.15) is 6.61 Å². The zero-order chi connectivity index (χ0) is 11.7. The van der Waals surface area contributed by atoms with Crippen molar-refractivity contribution in [2.45, 2.75) is 19.4 Å². The van der Waals surface area contributed by atoms with Crippen molar-refractivity contribution < 1.29 is 60.9 Å². The topological polar surface area (TPSA) is 29.5 Å². The minimum atomic E-state index is -0.167. The number of likely N-dealkylation sites (tertiary alicyclic amines) is 1. The number of amides is 1. The van der Waals surface area contributed by atoms with E-state index in [0.29, 0.717) is 12.5 Å². The average molecular weight is 269 g/mol. The van der Waals surface area contributed by atoms with Crippen LogP contribution in [0.15, 0.2) is 30.3 Å². The van der Waals surface area contributed by atoms with Gasteiger partial charge in [0.15, 0.2) is 0 Å². The minimum absolute atomic E-state index is 0. The fourth-order valence-electron chi connectivity index (χ4n) is 2.37. The van der Waals surface area contributed by atoms with Crippen molar-refractivity contribution in [3.63, 3.8) is 0 Å². The molecule has 0 radical (unpaired) electrons. The molecule has 1 aliphatic carbocycles. The molecule has 2 aliphatic rings. The third-order valence-corrected chi connectivity index (χ3v) is 3.53. The molecule has 3 rings (SSSR count). The van der Waals surface area contributed by atoms with Gasteiger partial charge >= 0.3 is 57.5 Å². The van der Waals surface area contributed by atoms with E-state index in [9.17, 15) is 4.79 Å². The Labute approximate surface area is 150 Å². The van der Waals surface area contributed by atoms with E-state index in [1.807, 2.05) is 35.2 Å². The normalized spacial score (nSPS) is 21.8. The molecule has 90 valence electrons. The molecule has 0 aromatic heterocycles. The molecule has 1 amide bonds. The predicted molar refractivity (Wildman–Crippen MR) is 64.2 cm³/mol. The molecule has 1 saturated carbocycles. The standard InChI is InChI=1S/C14H16NO2.K/c16-14(15-7-6-12-8-13(12)9-15)17-10-11-4-2-1-3-5-11;/h1-5,13H,6-10H2;/q-1;+1. The summed E-state index contributed by atoms with van der Waals surface area (Å²) < 4.78 is 5.31. The molecule has 1 heterocycles. The van der Waals surface area contributed by atoms with Gasteiger partial charge in [-0.1, -0.05) is 30.3 Å². The smallest absolute Gasteiger partial charge is 0.445 e. The number of hydrogen-bond donors (Lipinski definition) is 0. The molecular weight excluding hydrogens is 253 g/mol. The van der Waals surface area contributed by atoms with Crippen LogP contribution in [-0.2, 0) is 11.3 Å². The van der Waals surface area contributed by atoms with Crippen LogP contribution in [0.2, 0.25) is 0 Å². The number of piperidine rings is 1. The number of fused-ring (bicyclic) bond motifs is 1. The Hall–Kier alpha value is 0.126. The Kier molecular flexibility index (Phi) is 5.27. The Balaban J connectivity index is 0.00000120. The maximum Gasteiger partial charge on any atom is 1.00 e. The van der Waals surface area contributed by atoms with Crippen molar-refractivity contribution in [1.29, 1.82) is 0 Å². The van der Waals surface area contributed by atoms with E-state index in [0.717, 1.165) is 25.1 Å². The molecule has 1 aromatic rings. The van der Waals surface area contributed by atoms with Crippen LogP contribution in [0.3, 0.4) is 0 Å². The second-order valence-electron chi connectivity index (χ2n) is 4.80. The van der Waals surface area contributed by atoms with E-state index in [-0.39, 0.29) is 57.5 Å². The SMILES string of the molecule is O=C(OCc1ccccc1)N1CC[C-]2CC2C1.[K+]. The molecule has 4 heteroatoms. The van der Waals surface area contributed by atoms with Gasteiger partial charge in [-0.15, -0.1) is 0 Å². The van der Waals surface area contributed by atoms with Crippen LogP contribution in [0.4, 0.5) is 4.79 Å². The molecule has 1 atom stereocenters. The van der Waals surface area contributed by atoms with Gasteiger partial charge < -0.3 is 15.6 Å². The van der Waals surface area contributed by atoms with Crippen molar-refractivity contribution in [3.05, 3.63) is 41.8 Å². The molecule has 0 bridgehead atoms. The summed E-state index contributed by atoms with van der Waals surface area (Å²) >= 11 is 0. The molecule has 1 saturated heterocycles.